The third-order valence-corrected chi connectivity index (χ3v) is 4.71. The first-order valence-electron chi connectivity index (χ1n) is 10.4. The van der Waals surface area contributed by atoms with Crippen molar-refractivity contribution in [2.24, 2.45) is 0 Å². The Morgan fingerprint density at radius 3 is 2.29 bits per heavy atom. The predicted octanol–water partition coefficient (Wildman–Crippen LogP) is 5.30. The fourth-order valence-corrected chi connectivity index (χ4v) is 3.01. The van der Waals surface area contributed by atoms with Crippen LogP contribution in [-0.4, -0.2) is 25.0 Å². The zero-order valence-electron chi connectivity index (χ0n) is 18.4. The number of nitrogens with one attached hydrogen (secondary N) is 2. The largest absolute Gasteiger partial charge is 0.494 e. The van der Waals surface area contributed by atoms with Crippen LogP contribution in [-0.2, 0) is 9.59 Å². The van der Waals surface area contributed by atoms with E-state index in [2.05, 4.69) is 10.6 Å². The van der Waals surface area contributed by atoms with Gasteiger partial charge in [-0.1, -0.05) is 23.7 Å². The number of amides is 2. The smallest absolute Gasteiger partial charge is 0.266 e. The molecule has 0 radical (unpaired) electrons. The second kappa shape index (κ2) is 12.1. The third kappa shape index (κ3) is 7.40. The van der Waals surface area contributed by atoms with Gasteiger partial charge in [-0.15, -0.1) is 0 Å². The molecule has 0 saturated carbocycles. The van der Waals surface area contributed by atoms with Crippen molar-refractivity contribution in [1.29, 1.82) is 5.26 Å². The molecule has 0 aliphatic heterocycles. The molecule has 0 aliphatic carbocycles. The van der Waals surface area contributed by atoms with Crippen molar-refractivity contribution in [3.63, 3.8) is 0 Å². The summed E-state index contributed by atoms with van der Waals surface area (Å²) in [6.07, 6.45) is 1.45. The van der Waals surface area contributed by atoms with Gasteiger partial charge in [0.05, 0.1) is 6.61 Å². The van der Waals surface area contributed by atoms with E-state index in [1.54, 1.807) is 72.8 Å². The lowest BCUT2D eigenvalue weighted by molar-refractivity contribution is -0.118. The van der Waals surface area contributed by atoms with E-state index in [-0.39, 0.29) is 18.1 Å². The number of hydrogen-bond donors (Lipinski definition) is 2. The fourth-order valence-electron chi connectivity index (χ4n) is 2.89. The Kier molecular flexibility index (Phi) is 8.67. The second-order valence-electron chi connectivity index (χ2n) is 7.00. The highest BCUT2D eigenvalue weighted by Crippen LogP contribution is 2.19. The first-order valence-corrected chi connectivity index (χ1v) is 10.8. The van der Waals surface area contributed by atoms with Gasteiger partial charge < -0.3 is 20.1 Å². The summed E-state index contributed by atoms with van der Waals surface area (Å²) in [7, 11) is 0. The SMILES string of the molecule is CCOc1ccc(NC(=O)/C(C#N)=C\c2cccc(OCC(=O)Nc3ccc(Cl)cc3)c2)cc1. The average molecular weight is 476 g/mol. The molecule has 2 amide bonds. The zero-order valence-corrected chi connectivity index (χ0v) is 19.1. The van der Waals surface area contributed by atoms with Crippen LogP contribution in [0.25, 0.3) is 6.08 Å². The molecule has 0 atom stereocenters. The molecule has 0 aliphatic rings. The Labute approximate surface area is 202 Å². The van der Waals surface area contributed by atoms with Gasteiger partial charge >= 0.3 is 0 Å². The van der Waals surface area contributed by atoms with E-state index >= 15 is 0 Å². The molecule has 3 aromatic rings. The van der Waals surface area contributed by atoms with Crippen LogP contribution in [0.4, 0.5) is 11.4 Å². The third-order valence-electron chi connectivity index (χ3n) is 4.46. The van der Waals surface area contributed by atoms with E-state index < -0.39 is 5.91 Å². The highest BCUT2D eigenvalue weighted by atomic mass is 35.5. The van der Waals surface area contributed by atoms with Gasteiger partial charge in [-0.2, -0.15) is 5.26 Å². The van der Waals surface area contributed by atoms with Gasteiger partial charge in [-0.3, -0.25) is 9.59 Å². The van der Waals surface area contributed by atoms with Gasteiger partial charge in [0, 0.05) is 16.4 Å². The molecule has 0 aromatic heterocycles. The fraction of sp³-hybridized carbons (Fsp3) is 0.115. The normalized spacial score (nSPS) is 10.7. The number of nitrogens with zero attached hydrogens (tertiary/aromatic N) is 1. The summed E-state index contributed by atoms with van der Waals surface area (Å²) in [5, 5.41) is 15.4. The van der Waals surface area contributed by atoms with E-state index in [0.29, 0.717) is 40.1 Å². The molecule has 0 spiro atoms. The molecule has 3 rings (SSSR count). The van der Waals surface area contributed by atoms with Crippen LogP contribution in [0.1, 0.15) is 12.5 Å². The number of carbonyl (C=O) groups excluding carboxylic acids is 2. The molecule has 8 heteroatoms. The molecule has 2 N–H and O–H groups in total. The van der Waals surface area contributed by atoms with Gasteiger partial charge in [0.2, 0.25) is 0 Å². The number of carbonyl (C=O) groups is 2. The van der Waals surface area contributed by atoms with Crippen molar-refractivity contribution >= 4 is 40.9 Å². The standard InChI is InChI=1S/C26H22ClN3O4/c1-2-33-23-12-10-22(11-13-23)30-26(32)19(16-28)14-18-4-3-5-24(15-18)34-17-25(31)29-21-8-6-20(27)7-9-21/h3-15H,2,17H2,1H3,(H,29,31)(H,30,32)/b19-14-. The Morgan fingerprint density at radius 1 is 0.941 bits per heavy atom. The van der Waals surface area contributed by atoms with Crippen molar-refractivity contribution in [2.45, 2.75) is 6.92 Å². The lowest BCUT2D eigenvalue weighted by atomic mass is 10.1. The molecule has 0 unspecified atom stereocenters. The molecular weight excluding hydrogens is 454 g/mol. The van der Waals surface area contributed by atoms with E-state index in [0.717, 1.165) is 0 Å². The molecule has 0 heterocycles. The second-order valence-corrected chi connectivity index (χ2v) is 7.43. The van der Waals surface area contributed by atoms with Gasteiger partial charge in [0.1, 0.15) is 23.1 Å². The van der Waals surface area contributed by atoms with Crippen LogP contribution < -0.4 is 20.1 Å². The Balaban J connectivity index is 1.60. The van der Waals surface area contributed by atoms with Crippen molar-refractivity contribution in [1.82, 2.24) is 0 Å². The van der Waals surface area contributed by atoms with Crippen LogP contribution in [0, 0.1) is 11.3 Å². The highest BCUT2D eigenvalue weighted by molar-refractivity contribution is 6.30. The predicted molar refractivity (Wildman–Crippen MR) is 132 cm³/mol. The molecule has 172 valence electrons. The summed E-state index contributed by atoms with van der Waals surface area (Å²) in [6.45, 7) is 2.22. The molecule has 0 saturated heterocycles. The number of halogens is 1. The summed E-state index contributed by atoms with van der Waals surface area (Å²) in [5.74, 6) is 0.232. The van der Waals surface area contributed by atoms with Crippen molar-refractivity contribution in [3.8, 4) is 17.6 Å². The quantitative estimate of drug-likeness (QED) is 0.323. The maximum Gasteiger partial charge on any atom is 0.266 e. The van der Waals surface area contributed by atoms with Gasteiger partial charge in [0.15, 0.2) is 6.61 Å². The minimum Gasteiger partial charge on any atom is -0.494 e. The van der Waals surface area contributed by atoms with Gasteiger partial charge in [-0.05, 0) is 79.2 Å². The van der Waals surface area contributed by atoms with Crippen LogP contribution >= 0.6 is 11.6 Å². The number of rotatable bonds is 9. The Hall–Kier alpha value is -4.28. The molecule has 0 bridgehead atoms. The first kappa shape index (κ1) is 24.4. The van der Waals surface area contributed by atoms with Gasteiger partial charge in [0.25, 0.3) is 11.8 Å². The lowest BCUT2D eigenvalue weighted by Crippen LogP contribution is -2.20. The molecule has 3 aromatic carbocycles. The van der Waals surface area contributed by atoms with E-state index in [9.17, 15) is 14.9 Å². The minimum absolute atomic E-state index is 0.0773. The van der Waals surface area contributed by atoms with E-state index in [4.69, 9.17) is 21.1 Å². The van der Waals surface area contributed by atoms with Gasteiger partial charge in [-0.25, -0.2) is 0 Å². The Bertz CT molecular complexity index is 1220. The van der Waals surface area contributed by atoms with E-state index in [1.165, 1.54) is 6.08 Å². The van der Waals surface area contributed by atoms with Crippen LogP contribution in [0.3, 0.4) is 0 Å². The van der Waals surface area contributed by atoms with Crippen LogP contribution in [0.2, 0.25) is 5.02 Å². The van der Waals surface area contributed by atoms with E-state index in [1.807, 2.05) is 13.0 Å². The number of anilines is 2. The summed E-state index contributed by atoms with van der Waals surface area (Å²) in [6, 6.07) is 22.2. The van der Waals surface area contributed by atoms with Crippen LogP contribution in [0.5, 0.6) is 11.5 Å². The van der Waals surface area contributed by atoms with Crippen molar-refractivity contribution in [3.05, 3.63) is 89.0 Å². The number of hydrogen-bond acceptors (Lipinski definition) is 5. The lowest BCUT2D eigenvalue weighted by Gasteiger charge is -2.09. The van der Waals surface area contributed by atoms with Crippen molar-refractivity contribution in [2.75, 3.05) is 23.8 Å². The first-order chi connectivity index (χ1) is 16.5. The minimum atomic E-state index is -0.541. The summed E-state index contributed by atoms with van der Waals surface area (Å²) in [5.41, 5.74) is 1.64. The average Bonchev–Trinajstić information content (AvgIpc) is 2.84. The molecule has 0 fully saturated rings. The van der Waals surface area contributed by atoms with Crippen LogP contribution in [0.15, 0.2) is 78.4 Å². The highest BCUT2D eigenvalue weighted by Gasteiger charge is 2.10. The maximum absolute atomic E-state index is 12.5. The summed E-state index contributed by atoms with van der Waals surface area (Å²) < 4.78 is 10.9. The monoisotopic (exact) mass is 475 g/mol. The summed E-state index contributed by atoms with van der Waals surface area (Å²) in [4.78, 5) is 24.6. The summed E-state index contributed by atoms with van der Waals surface area (Å²) >= 11 is 5.84. The number of benzene rings is 3. The topological polar surface area (TPSA) is 100 Å². The van der Waals surface area contributed by atoms with Crippen molar-refractivity contribution < 1.29 is 19.1 Å². The maximum atomic E-state index is 12.5. The number of nitriles is 1. The molecule has 34 heavy (non-hydrogen) atoms. The number of ether oxygens (including phenoxy) is 2. The molecule has 7 nitrogen and oxygen atoms in total. The Morgan fingerprint density at radius 2 is 1.62 bits per heavy atom. The molecular formula is C26H22ClN3O4. The zero-order chi connectivity index (χ0) is 24.3.